The van der Waals surface area contributed by atoms with E-state index in [-0.39, 0.29) is 5.91 Å². The fourth-order valence-corrected chi connectivity index (χ4v) is 3.82. The van der Waals surface area contributed by atoms with E-state index in [1.54, 1.807) is 0 Å². The van der Waals surface area contributed by atoms with Crippen molar-refractivity contribution in [3.05, 3.63) is 59.7 Å². The van der Waals surface area contributed by atoms with Crippen molar-refractivity contribution in [2.24, 2.45) is 0 Å². The number of para-hydroxylation sites is 2. The molecule has 0 atom stereocenters. The van der Waals surface area contributed by atoms with E-state index < -0.39 is 0 Å². The number of hydrogen-bond donors (Lipinski definition) is 1. The molecule has 27 heavy (non-hydrogen) atoms. The van der Waals surface area contributed by atoms with E-state index in [1.165, 1.54) is 43.2 Å². The summed E-state index contributed by atoms with van der Waals surface area (Å²) >= 11 is 0. The summed E-state index contributed by atoms with van der Waals surface area (Å²) in [5.74, 6) is 0.107. The van der Waals surface area contributed by atoms with Gasteiger partial charge in [-0.25, -0.2) is 0 Å². The fraction of sp³-hybridized carbons (Fsp3) is 0.458. The average Bonchev–Trinajstić information content (AvgIpc) is 2.85. The Balaban J connectivity index is 1.61. The van der Waals surface area contributed by atoms with Gasteiger partial charge in [-0.3, -0.25) is 15.2 Å². The molecule has 2 aromatic carbocycles. The van der Waals surface area contributed by atoms with Crippen LogP contribution in [-0.4, -0.2) is 5.91 Å². The number of anilines is 2. The van der Waals surface area contributed by atoms with Gasteiger partial charge >= 0.3 is 0 Å². The van der Waals surface area contributed by atoms with Gasteiger partial charge in [0.2, 0.25) is 5.91 Å². The SMILES string of the molecule is CCCCCCCCCC(=O)NN1c2ccccc2CCc2ccccc21. The molecule has 1 amide bonds. The molecule has 0 saturated heterocycles. The predicted octanol–water partition coefficient (Wildman–Crippen LogP) is 6.10. The van der Waals surface area contributed by atoms with Gasteiger partial charge in [0.15, 0.2) is 0 Å². The first-order valence-electron chi connectivity index (χ1n) is 10.5. The lowest BCUT2D eigenvalue weighted by Gasteiger charge is -2.27. The molecule has 3 rings (SSSR count). The van der Waals surface area contributed by atoms with Crippen LogP contribution in [0.3, 0.4) is 0 Å². The zero-order valence-corrected chi connectivity index (χ0v) is 16.5. The Labute approximate surface area is 163 Å². The summed E-state index contributed by atoms with van der Waals surface area (Å²) < 4.78 is 0. The maximum atomic E-state index is 12.6. The molecule has 1 N–H and O–H groups in total. The second-order valence-electron chi connectivity index (χ2n) is 7.50. The Morgan fingerprint density at radius 2 is 1.33 bits per heavy atom. The van der Waals surface area contributed by atoms with Crippen LogP contribution in [0, 0.1) is 0 Å². The van der Waals surface area contributed by atoms with Crippen molar-refractivity contribution in [3.8, 4) is 0 Å². The first kappa shape index (κ1) is 19.5. The van der Waals surface area contributed by atoms with Gasteiger partial charge in [-0.2, -0.15) is 0 Å². The summed E-state index contributed by atoms with van der Waals surface area (Å²) in [6.45, 7) is 2.24. The van der Waals surface area contributed by atoms with Gasteiger partial charge in [-0.15, -0.1) is 0 Å². The summed E-state index contributed by atoms with van der Waals surface area (Å²) in [5.41, 5.74) is 7.93. The number of amides is 1. The topological polar surface area (TPSA) is 32.3 Å². The van der Waals surface area contributed by atoms with Crippen LogP contribution in [0.15, 0.2) is 48.5 Å². The first-order chi connectivity index (χ1) is 13.3. The van der Waals surface area contributed by atoms with Crippen molar-refractivity contribution in [1.82, 2.24) is 5.43 Å². The van der Waals surface area contributed by atoms with Crippen LogP contribution >= 0.6 is 0 Å². The Hall–Kier alpha value is -2.29. The molecule has 0 aromatic heterocycles. The van der Waals surface area contributed by atoms with E-state index in [9.17, 15) is 4.79 Å². The number of carbonyl (C=O) groups is 1. The van der Waals surface area contributed by atoms with Crippen LogP contribution in [0.2, 0.25) is 0 Å². The third-order valence-electron chi connectivity index (χ3n) is 5.37. The van der Waals surface area contributed by atoms with Crippen molar-refractivity contribution in [2.45, 2.75) is 71.1 Å². The molecule has 144 valence electrons. The van der Waals surface area contributed by atoms with E-state index in [1.807, 2.05) is 17.1 Å². The van der Waals surface area contributed by atoms with Gasteiger partial charge in [0.05, 0.1) is 11.4 Å². The molecule has 0 fully saturated rings. The van der Waals surface area contributed by atoms with Crippen LogP contribution in [-0.2, 0) is 17.6 Å². The zero-order valence-electron chi connectivity index (χ0n) is 16.5. The van der Waals surface area contributed by atoms with Crippen molar-refractivity contribution < 1.29 is 4.79 Å². The summed E-state index contributed by atoms with van der Waals surface area (Å²) in [4.78, 5) is 12.6. The van der Waals surface area contributed by atoms with Crippen molar-refractivity contribution in [1.29, 1.82) is 0 Å². The van der Waals surface area contributed by atoms with Crippen molar-refractivity contribution >= 4 is 17.3 Å². The molecule has 2 aromatic rings. The summed E-state index contributed by atoms with van der Waals surface area (Å²) in [7, 11) is 0. The fourth-order valence-electron chi connectivity index (χ4n) is 3.82. The summed E-state index contributed by atoms with van der Waals surface area (Å²) in [6, 6.07) is 16.8. The number of benzene rings is 2. The van der Waals surface area contributed by atoms with Crippen LogP contribution in [0.5, 0.6) is 0 Å². The highest BCUT2D eigenvalue weighted by molar-refractivity contribution is 5.82. The second-order valence-corrected chi connectivity index (χ2v) is 7.50. The minimum atomic E-state index is 0.107. The highest BCUT2D eigenvalue weighted by Crippen LogP contribution is 2.34. The standard InChI is InChI=1S/C24H32N2O/c1-2-3-4-5-6-7-8-17-24(27)25-26-22-15-11-9-13-20(22)18-19-21-14-10-12-16-23(21)26/h9-16H,2-8,17-19H2,1H3,(H,25,27). The molecule has 0 saturated carbocycles. The number of rotatable bonds is 9. The van der Waals surface area contributed by atoms with Crippen LogP contribution in [0.1, 0.15) is 69.4 Å². The third kappa shape index (κ3) is 5.35. The maximum absolute atomic E-state index is 12.6. The van der Waals surface area contributed by atoms with Gasteiger partial charge in [-0.1, -0.05) is 81.8 Å². The molecule has 1 aliphatic rings. The number of fused-ring (bicyclic) bond motifs is 2. The van der Waals surface area contributed by atoms with Crippen molar-refractivity contribution in [3.63, 3.8) is 0 Å². The van der Waals surface area contributed by atoms with E-state index in [4.69, 9.17) is 0 Å². The monoisotopic (exact) mass is 364 g/mol. The molecule has 3 heteroatoms. The van der Waals surface area contributed by atoms with Gasteiger partial charge in [0.1, 0.15) is 0 Å². The number of unbranched alkanes of at least 4 members (excludes halogenated alkanes) is 6. The molecule has 0 spiro atoms. The number of hydrogen-bond acceptors (Lipinski definition) is 2. The molecule has 3 nitrogen and oxygen atoms in total. The molecule has 0 bridgehead atoms. The minimum Gasteiger partial charge on any atom is -0.273 e. The Morgan fingerprint density at radius 3 is 1.93 bits per heavy atom. The Kier molecular flexibility index (Phi) is 7.32. The lowest BCUT2D eigenvalue weighted by Crippen LogP contribution is -2.39. The maximum Gasteiger partial charge on any atom is 0.238 e. The normalized spacial score (nSPS) is 12.9. The number of nitrogens with one attached hydrogen (secondary N) is 1. The molecule has 0 unspecified atom stereocenters. The lowest BCUT2D eigenvalue weighted by atomic mass is 10.0. The molecule has 0 aliphatic carbocycles. The van der Waals surface area contributed by atoms with Gasteiger partial charge in [-0.05, 0) is 42.5 Å². The third-order valence-corrected chi connectivity index (χ3v) is 5.37. The van der Waals surface area contributed by atoms with Crippen LogP contribution in [0.4, 0.5) is 11.4 Å². The number of carbonyl (C=O) groups excluding carboxylic acids is 1. The van der Waals surface area contributed by atoms with Crippen molar-refractivity contribution in [2.75, 3.05) is 5.01 Å². The largest absolute Gasteiger partial charge is 0.273 e. The summed E-state index contributed by atoms with van der Waals surface area (Å²) in [5, 5.41) is 2.00. The van der Waals surface area contributed by atoms with Crippen LogP contribution < -0.4 is 10.4 Å². The second kappa shape index (κ2) is 10.1. The molecular weight excluding hydrogens is 332 g/mol. The number of aryl methyl sites for hydroxylation is 2. The van der Waals surface area contributed by atoms with E-state index in [2.05, 4.69) is 48.7 Å². The molecule has 1 heterocycles. The quantitative estimate of drug-likeness (QED) is 0.546. The summed E-state index contributed by atoms with van der Waals surface area (Å²) in [6.07, 6.45) is 11.2. The highest BCUT2D eigenvalue weighted by Gasteiger charge is 2.21. The Bertz CT molecular complexity index is 693. The Morgan fingerprint density at radius 1 is 0.815 bits per heavy atom. The number of nitrogens with zero attached hydrogens (tertiary/aromatic N) is 1. The molecule has 0 radical (unpaired) electrons. The van der Waals surface area contributed by atoms with E-state index in [0.29, 0.717) is 6.42 Å². The average molecular weight is 365 g/mol. The number of hydrazine groups is 1. The molecular formula is C24H32N2O. The lowest BCUT2D eigenvalue weighted by molar-refractivity contribution is -0.121. The van der Waals surface area contributed by atoms with E-state index in [0.717, 1.165) is 37.1 Å². The zero-order chi connectivity index (χ0) is 18.9. The first-order valence-corrected chi connectivity index (χ1v) is 10.5. The smallest absolute Gasteiger partial charge is 0.238 e. The molecule has 1 aliphatic heterocycles. The minimum absolute atomic E-state index is 0.107. The van der Waals surface area contributed by atoms with Gasteiger partial charge in [0.25, 0.3) is 0 Å². The predicted molar refractivity (Wildman–Crippen MR) is 113 cm³/mol. The van der Waals surface area contributed by atoms with E-state index >= 15 is 0 Å². The van der Waals surface area contributed by atoms with Crippen LogP contribution in [0.25, 0.3) is 0 Å². The van der Waals surface area contributed by atoms with Gasteiger partial charge in [0, 0.05) is 6.42 Å². The van der Waals surface area contributed by atoms with Gasteiger partial charge < -0.3 is 0 Å². The highest BCUT2D eigenvalue weighted by atomic mass is 16.2.